The van der Waals surface area contributed by atoms with Crippen LogP contribution in [-0.2, 0) is 9.59 Å². The first-order chi connectivity index (χ1) is 10.9. The molecule has 1 fully saturated rings. The van der Waals surface area contributed by atoms with Crippen molar-refractivity contribution in [1.29, 1.82) is 0 Å². The van der Waals surface area contributed by atoms with Gasteiger partial charge in [0.25, 0.3) is 0 Å². The van der Waals surface area contributed by atoms with E-state index in [1.54, 1.807) is 0 Å². The molecule has 0 radical (unpaired) electrons. The van der Waals surface area contributed by atoms with Gasteiger partial charge in [0.05, 0.1) is 12.5 Å². The van der Waals surface area contributed by atoms with Gasteiger partial charge in [-0.25, -0.2) is 0 Å². The molecule has 1 aromatic rings. The first-order valence-corrected chi connectivity index (χ1v) is 8.81. The van der Waals surface area contributed by atoms with Crippen LogP contribution in [0.2, 0.25) is 0 Å². The predicted molar refractivity (Wildman–Crippen MR) is 101 cm³/mol. The molecule has 1 saturated carbocycles. The molecule has 0 bridgehead atoms. The minimum atomic E-state index is -0.313. The van der Waals surface area contributed by atoms with Crippen LogP contribution in [0.25, 0.3) is 0 Å². The summed E-state index contributed by atoms with van der Waals surface area (Å²) >= 11 is 3.39. The molecule has 2 rings (SSSR count). The third-order valence-electron chi connectivity index (χ3n) is 4.18. The second-order valence-electron chi connectivity index (χ2n) is 6.19. The molecule has 0 heterocycles. The molecular formula is C17H25BrClN3O2. The number of hydrogen-bond donors (Lipinski definition) is 3. The Bertz CT molecular complexity index is 545. The van der Waals surface area contributed by atoms with Crippen molar-refractivity contribution in [2.75, 3.05) is 0 Å². The molecule has 0 aromatic heterocycles. The highest BCUT2D eigenvalue weighted by atomic mass is 79.9. The smallest absolute Gasteiger partial charge is 0.222 e. The molecule has 1 atom stereocenters. The average Bonchev–Trinajstić information content (AvgIpc) is 2.49. The summed E-state index contributed by atoms with van der Waals surface area (Å²) in [5, 5.41) is 5.92. The van der Waals surface area contributed by atoms with Crippen LogP contribution in [0, 0.1) is 0 Å². The van der Waals surface area contributed by atoms with Crippen molar-refractivity contribution < 1.29 is 9.59 Å². The quantitative estimate of drug-likeness (QED) is 0.687. The molecule has 0 spiro atoms. The fourth-order valence-electron chi connectivity index (χ4n) is 2.93. The summed E-state index contributed by atoms with van der Waals surface area (Å²) in [5.74, 6) is -0.179. The van der Waals surface area contributed by atoms with E-state index >= 15 is 0 Å². The Morgan fingerprint density at radius 3 is 2.33 bits per heavy atom. The summed E-state index contributed by atoms with van der Waals surface area (Å²) in [7, 11) is 0. The zero-order valence-corrected chi connectivity index (χ0v) is 16.2. The number of carbonyl (C=O) groups excluding carboxylic acids is 2. The van der Waals surface area contributed by atoms with Crippen LogP contribution in [-0.4, -0.2) is 23.9 Å². The lowest BCUT2D eigenvalue weighted by Gasteiger charge is -2.27. The number of amides is 2. The van der Waals surface area contributed by atoms with Crippen LogP contribution in [0.3, 0.4) is 0 Å². The number of hydrogen-bond acceptors (Lipinski definition) is 3. The van der Waals surface area contributed by atoms with Gasteiger partial charge in [-0.1, -0.05) is 28.1 Å². The maximum absolute atomic E-state index is 12.3. The zero-order chi connectivity index (χ0) is 16.8. The molecule has 2 amide bonds. The number of nitrogens with one attached hydrogen (secondary N) is 2. The Morgan fingerprint density at radius 1 is 1.21 bits per heavy atom. The lowest BCUT2D eigenvalue weighted by Crippen LogP contribution is -2.42. The lowest BCUT2D eigenvalue weighted by atomic mass is 9.91. The van der Waals surface area contributed by atoms with Gasteiger partial charge in [0, 0.05) is 23.5 Å². The number of rotatable bonds is 5. The Hall–Kier alpha value is -1.11. The molecule has 1 aliphatic carbocycles. The molecule has 1 aliphatic rings. The van der Waals surface area contributed by atoms with Crippen LogP contribution in [0.1, 0.15) is 50.6 Å². The van der Waals surface area contributed by atoms with Crippen molar-refractivity contribution in [2.24, 2.45) is 5.73 Å². The Labute approximate surface area is 157 Å². The standard InChI is InChI=1S/C17H24BrN3O2.ClH/c1-11(22)20-16(12-2-4-13(18)5-3-12)10-17(23)21-15-8-6-14(19)7-9-15;/h2-5,14-16H,6-10,19H2,1H3,(H,20,22)(H,21,23);1H. The first kappa shape index (κ1) is 20.9. The van der Waals surface area contributed by atoms with Crippen LogP contribution < -0.4 is 16.4 Å². The number of benzene rings is 1. The summed E-state index contributed by atoms with van der Waals surface area (Å²) in [6.45, 7) is 1.46. The van der Waals surface area contributed by atoms with E-state index in [4.69, 9.17) is 5.73 Å². The van der Waals surface area contributed by atoms with E-state index in [1.807, 2.05) is 24.3 Å². The van der Waals surface area contributed by atoms with Gasteiger partial charge >= 0.3 is 0 Å². The minimum absolute atomic E-state index is 0. The van der Waals surface area contributed by atoms with Crippen molar-refractivity contribution in [3.8, 4) is 0 Å². The summed E-state index contributed by atoms with van der Waals surface area (Å²) < 4.78 is 0.964. The van der Waals surface area contributed by atoms with E-state index in [9.17, 15) is 9.59 Å². The largest absolute Gasteiger partial charge is 0.353 e. The van der Waals surface area contributed by atoms with Gasteiger partial charge in [0.2, 0.25) is 11.8 Å². The van der Waals surface area contributed by atoms with Crippen molar-refractivity contribution >= 4 is 40.2 Å². The number of nitrogens with two attached hydrogens (primary N) is 1. The third-order valence-corrected chi connectivity index (χ3v) is 4.71. The van der Waals surface area contributed by atoms with Gasteiger partial charge in [-0.05, 0) is 43.4 Å². The highest BCUT2D eigenvalue weighted by molar-refractivity contribution is 9.10. The monoisotopic (exact) mass is 417 g/mol. The van der Waals surface area contributed by atoms with Crippen molar-refractivity contribution in [2.45, 2.75) is 57.2 Å². The fourth-order valence-corrected chi connectivity index (χ4v) is 3.19. The Balaban J connectivity index is 0.00000288. The molecule has 1 aromatic carbocycles. The van der Waals surface area contributed by atoms with Crippen LogP contribution in [0.5, 0.6) is 0 Å². The second kappa shape index (κ2) is 10.0. The average molecular weight is 419 g/mol. The van der Waals surface area contributed by atoms with Crippen molar-refractivity contribution in [3.63, 3.8) is 0 Å². The zero-order valence-electron chi connectivity index (χ0n) is 13.8. The van der Waals surface area contributed by atoms with Gasteiger partial charge in [0.1, 0.15) is 0 Å². The molecule has 1 unspecified atom stereocenters. The summed E-state index contributed by atoms with van der Waals surface area (Å²) in [6, 6.07) is 7.79. The van der Waals surface area contributed by atoms with Crippen LogP contribution in [0.4, 0.5) is 0 Å². The predicted octanol–water partition coefficient (Wildman–Crippen LogP) is 2.82. The minimum Gasteiger partial charge on any atom is -0.353 e. The summed E-state index contributed by atoms with van der Waals surface area (Å²) in [4.78, 5) is 23.8. The van der Waals surface area contributed by atoms with Crippen LogP contribution in [0.15, 0.2) is 28.7 Å². The topological polar surface area (TPSA) is 84.2 Å². The number of carbonyl (C=O) groups is 2. The molecular weight excluding hydrogens is 394 g/mol. The Kier molecular flexibility index (Phi) is 8.73. The molecule has 24 heavy (non-hydrogen) atoms. The van der Waals surface area contributed by atoms with Gasteiger partial charge in [-0.2, -0.15) is 0 Å². The van der Waals surface area contributed by atoms with E-state index < -0.39 is 0 Å². The van der Waals surface area contributed by atoms with Gasteiger partial charge in [-0.3, -0.25) is 9.59 Å². The molecule has 0 aliphatic heterocycles. The molecule has 0 saturated heterocycles. The highest BCUT2D eigenvalue weighted by Crippen LogP contribution is 2.21. The summed E-state index contributed by atoms with van der Waals surface area (Å²) in [6.07, 6.45) is 4.00. The summed E-state index contributed by atoms with van der Waals surface area (Å²) in [5.41, 5.74) is 6.81. The normalized spacial score (nSPS) is 21.3. The maximum atomic E-state index is 12.3. The highest BCUT2D eigenvalue weighted by Gasteiger charge is 2.22. The van der Waals surface area contributed by atoms with Gasteiger partial charge in [0.15, 0.2) is 0 Å². The number of halogens is 2. The second-order valence-corrected chi connectivity index (χ2v) is 7.10. The van der Waals surface area contributed by atoms with Gasteiger partial charge < -0.3 is 16.4 Å². The van der Waals surface area contributed by atoms with Gasteiger partial charge in [-0.15, -0.1) is 12.4 Å². The van der Waals surface area contributed by atoms with Crippen molar-refractivity contribution in [3.05, 3.63) is 34.3 Å². The van der Waals surface area contributed by atoms with E-state index in [0.717, 1.165) is 35.7 Å². The Morgan fingerprint density at radius 2 is 1.79 bits per heavy atom. The molecule has 134 valence electrons. The molecule has 4 N–H and O–H groups in total. The van der Waals surface area contributed by atoms with E-state index in [0.29, 0.717) is 0 Å². The van der Waals surface area contributed by atoms with Crippen LogP contribution >= 0.6 is 28.3 Å². The van der Waals surface area contributed by atoms with E-state index in [1.165, 1.54) is 6.92 Å². The van der Waals surface area contributed by atoms with E-state index in [-0.39, 0.29) is 48.8 Å². The first-order valence-electron chi connectivity index (χ1n) is 8.01. The van der Waals surface area contributed by atoms with Crippen molar-refractivity contribution in [1.82, 2.24) is 10.6 Å². The fraction of sp³-hybridized carbons (Fsp3) is 0.529. The SMILES string of the molecule is CC(=O)NC(CC(=O)NC1CCC(N)CC1)c1ccc(Br)cc1.Cl. The maximum Gasteiger partial charge on any atom is 0.222 e. The molecule has 5 nitrogen and oxygen atoms in total. The lowest BCUT2D eigenvalue weighted by molar-refractivity contribution is -0.123. The molecule has 7 heteroatoms. The third kappa shape index (κ3) is 6.79. The van der Waals surface area contributed by atoms with E-state index in [2.05, 4.69) is 26.6 Å².